The van der Waals surface area contributed by atoms with Gasteiger partial charge in [-0.15, -0.1) is 0 Å². The second-order valence-electron chi connectivity index (χ2n) is 7.22. The van der Waals surface area contributed by atoms with Gasteiger partial charge in [-0.1, -0.05) is 18.7 Å². The van der Waals surface area contributed by atoms with E-state index in [1.807, 2.05) is 0 Å². The smallest absolute Gasteiger partial charge is 0.342 e. The Hall–Kier alpha value is -2.31. The predicted molar refractivity (Wildman–Crippen MR) is 94.9 cm³/mol. The van der Waals surface area contributed by atoms with Crippen LogP contribution in [0.4, 0.5) is 13.2 Å². The van der Waals surface area contributed by atoms with E-state index in [1.165, 1.54) is 18.2 Å². The molecule has 2 heterocycles. The zero-order valence-electron chi connectivity index (χ0n) is 15.0. The van der Waals surface area contributed by atoms with Gasteiger partial charge >= 0.3 is 6.18 Å². The van der Waals surface area contributed by atoms with Crippen LogP contribution in [-0.2, 0) is 15.8 Å². The number of carbonyl (C=O) groups excluding carboxylic acids is 2. The van der Waals surface area contributed by atoms with Crippen molar-refractivity contribution in [2.45, 2.75) is 31.4 Å². The summed E-state index contributed by atoms with van der Waals surface area (Å²) in [6.45, 7) is 5.64. The summed E-state index contributed by atoms with van der Waals surface area (Å²) in [7, 11) is 0. The van der Waals surface area contributed by atoms with Crippen LogP contribution in [0.25, 0.3) is 0 Å². The topological polar surface area (TPSA) is 40.6 Å². The van der Waals surface area contributed by atoms with Gasteiger partial charge in [0.1, 0.15) is 0 Å². The average molecular weight is 380 g/mol. The van der Waals surface area contributed by atoms with Gasteiger partial charge in [-0.25, -0.2) is 0 Å². The maximum absolute atomic E-state index is 12.8. The largest absolute Gasteiger partial charge is 0.416 e. The number of alkyl halides is 3. The molecule has 7 heteroatoms. The fourth-order valence-corrected chi connectivity index (χ4v) is 3.94. The van der Waals surface area contributed by atoms with Crippen LogP contribution >= 0.6 is 0 Å². The summed E-state index contributed by atoms with van der Waals surface area (Å²) in [5.41, 5.74) is 0.164. The van der Waals surface area contributed by atoms with E-state index in [1.54, 1.807) is 9.80 Å². The highest BCUT2D eigenvalue weighted by molar-refractivity contribution is 5.88. The van der Waals surface area contributed by atoms with E-state index >= 15 is 0 Å². The number of benzene rings is 1. The van der Waals surface area contributed by atoms with Gasteiger partial charge < -0.3 is 9.80 Å². The third kappa shape index (κ3) is 4.34. The Morgan fingerprint density at radius 3 is 2.37 bits per heavy atom. The molecule has 27 heavy (non-hydrogen) atoms. The molecule has 0 aliphatic carbocycles. The van der Waals surface area contributed by atoms with E-state index in [0.717, 1.165) is 37.0 Å². The zero-order valence-corrected chi connectivity index (χ0v) is 15.0. The fourth-order valence-electron chi connectivity index (χ4n) is 3.94. The van der Waals surface area contributed by atoms with Gasteiger partial charge in [0.05, 0.1) is 11.5 Å². The van der Waals surface area contributed by atoms with Crippen molar-refractivity contribution >= 4 is 11.8 Å². The van der Waals surface area contributed by atoms with Crippen molar-refractivity contribution in [3.63, 3.8) is 0 Å². The highest BCUT2D eigenvalue weighted by Crippen LogP contribution is 2.33. The number of likely N-dealkylation sites (tertiary alicyclic amines) is 2. The molecule has 0 radical (unpaired) electrons. The Morgan fingerprint density at radius 1 is 1.04 bits per heavy atom. The molecule has 0 N–H and O–H groups in total. The molecular formula is C20H23F3N2O2. The van der Waals surface area contributed by atoms with Crippen LogP contribution in [0.3, 0.4) is 0 Å². The SMILES string of the molecule is C=CC(=O)N1CCCC(C(=O)N2CCC(c3ccc(C(F)(F)F)cc3)C2)C1. The number of hydrogen-bond acceptors (Lipinski definition) is 2. The summed E-state index contributed by atoms with van der Waals surface area (Å²) in [4.78, 5) is 28.1. The number of amides is 2. The number of rotatable bonds is 3. The number of piperidine rings is 1. The lowest BCUT2D eigenvalue weighted by atomic mass is 9.96. The van der Waals surface area contributed by atoms with Crippen molar-refractivity contribution in [2.24, 2.45) is 5.92 Å². The number of halogens is 3. The first-order valence-electron chi connectivity index (χ1n) is 9.17. The van der Waals surface area contributed by atoms with Crippen molar-refractivity contribution in [1.82, 2.24) is 9.80 Å². The van der Waals surface area contributed by atoms with E-state index < -0.39 is 11.7 Å². The van der Waals surface area contributed by atoms with E-state index in [2.05, 4.69) is 6.58 Å². The van der Waals surface area contributed by atoms with E-state index in [-0.39, 0.29) is 23.7 Å². The second-order valence-corrected chi connectivity index (χ2v) is 7.22. The normalized spacial score (nSPS) is 23.4. The monoisotopic (exact) mass is 380 g/mol. The van der Waals surface area contributed by atoms with Crippen LogP contribution in [0, 0.1) is 5.92 Å². The fraction of sp³-hybridized carbons (Fsp3) is 0.500. The van der Waals surface area contributed by atoms with Crippen molar-refractivity contribution in [3.8, 4) is 0 Å². The van der Waals surface area contributed by atoms with E-state index in [9.17, 15) is 22.8 Å². The third-order valence-corrected chi connectivity index (χ3v) is 5.47. The molecule has 0 aromatic heterocycles. The van der Waals surface area contributed by atoms with Crippen LogP contribution in [0.15, 0.2) is 36.9 Å². The van der Waals surface area contributed by atoms with Gasteiger partial charge in [-0.2, -0.15) is 13.2 Å². The Morgan fingerprint density at radius 2 is 1.74 bits per heavy atom. The van der Waals surface area contributed by atoms with Gasteiger partial charge in [0.25, 0.3) is 0 Å². The molecule has 1 aromatic rings. The minimum Gasteiger partial charge on any atom is -0.342 e. The maximum atomic E-state index is 12.8. The summed E-state index contributed by atoms with van der Waals surface area (Å²) in [6.07, 6.45) is -0.804. The molecule has 1 aromatic carbocycles. The number of hydrogen-bond donors (Lipinski definition) is 0. The minimum absolute atomic E-state index is 0.0333. The van der Waals surface area contributed by atoms with Gasteiger partial charge in [0, 0.05) is 32.1 Å². The summed E-state index contributed by atoms with van der Waals surface area (Å²) in [5.74, 6) is -0.290. The molecule has 146 valence electrons. The first-order chi connectivity index (χ1) is 12.8. The first-order valence-corrected chi connectivity index (χ1v) is 9.17. The molecule has 0 spiro atoms. The van der Waals surface area contributed by atoms with Crippen molar-refractivity contribution < 1.29 is 22.8 Å². The molecule has 4 nitrogen and oxygen atoms in total. The van der Waals surface area contributed by atoms with Gasteiger partial charge in [-0.3, -0.25) is 9.59 Å². The summed E-state index contributed by atoms with van der Waals surface area (Å²) in [5, 5.41) is 0. The Kier molecular flexibility index (Phi) is 5.58. The van der Waals surface area contributed by atoms with Crippen molar-refractivity contribution in [1.29, 1.82) is 0 Å². The van der Waals surface area contributed by atoms with Crippen LogP contribution in [0.1, 0.15) is 36.3 Å². The molecule has 2 atom stereocenters. The molecule has 2 unspecified atom stereocenters. The average Bonchev–Trinajstić information content (AvgIpc) is 3.16. The number of nitrogens with zero attached hydrogens (tertiary/aromatic N) is 2. The Bertz CT molecular complexity index is 715. The highest BCUT2D eigenvalue weighted by Gasteiger charge is 2.35. The van der Waals surface area contributed by atoms with Gasteiger partial charge in [-0.05, 0) is 43.0 Å². The highest BCUT2D eigenvalue weighted by atomic mass is 19.4. The molecule has 3 rings (SSSR count). The van der Waals surface area contributed by atoms with E-state index in [4.69, 9.17) is 0 Å². The van der Waals surface area contributed by atoms with Crippen LogP contribution in [-0.4, -0.2) is 47.8 Å². The zero-order chi connectivity index (χ0) is 19.6. The van der Waals surface area contributed by atoms with E-state index in [0.29, 0.717) is 26.2 Å². The Labute approximate surface area is 156 Å². The van der Waals surface area contributed by atoms with Crippen LogP contribution in [0.5, 0.6) is 0 Å². The second kappa shape index (κ2) is 7.74. The first kappa shape index (κ1) is 19.5. The van der Waals surface area contributed by atoms with Crippen molar-refractivity contribution in [2.75, 3.05) is 26.2 Å². The molecule has 2 amide bonds. The minimum atomic E-state index is -4.34. The summed E-state index contributed by atoms with van der Waals surface area (Å²) < 4.78 is 38.1. The molecule has 2 aliphatic heterocycles. The lowest BCUT2D eigenvalue weighted by Crippen LogP contribution is -2.45. The molecule has 2 fully saturated rings. The molecular weight excluding hydrogens is 357 g/mol. The lowest BCUT2D eigenvalue weighted by Gasteiger charge is -2.33. The molecule has 2 saturated heterocycles. The standard InChI is InChI=1S/C20H23F3N2O2/c1-2-18(26)24-10-3-4-16(13-24)19(27)25-11-9-15(12-25)14-5-7-17(8-6-14)20(21,22)23/h2,5-8,15-16H,1,3-4,9-13H2. The van der Waals surface area contributed by atoms with Crippen LogP contribution in [0.2, 0.25) is 0 Å². The van der Waals surface area contributed by atoms with Gasteiger partial charge in [0.2, 0.25) is 11.8 Å². The molecule has 0 bridgehead atoms. The quantitative estimate of drug-likeness (QED) is 0.754. The van der Waals surface area contributed by atoms with Crippen LogP contribution < -0.4 is 0 Å². The predicted octanol–water partition coefficient (Wildman–Crippen LogP) is 3.45. The lowest BCUT2D eigenvalue weighted by molar-refractivity contribution is -0.139. The van der Waals surface area contributed by atoms with Crippen molar-refractivity contribution in [3.05, 3.63) is 48.0 Å². The summed E-state index contributed by atoms with van der Waals surface area (Å²) in [6, 6.07) is 5.21. The maximum Gasteiger partial charge on any atom is 0.416 e. The van der Waals surface area contributed by atoms with Gasteiger partial charge in [0.15, 0.2) is 0 Å². The third-order valence-electron chi connectivity index (χ3n) is 5.47. The molecule has 2 aliphatic rings. The number of carbonyl (C=O) groups is 2. The summed E-state index contributed by atoms with van der Waals surface area (Å²) >= 11 is 0. The Balaban J connectivity index is 1.61. The molecule has 0 saturated carbocycles.